The van der Waals surface area contributed by atoms with Gasteiger partial charge in [-0.25, -0.2) is 4.98 Å². The van der Waals surface area contributed by atoms with Gasteiger partial charge in [0, 0.05) is 36.4 Å². The number of aromatic amines is 1. The molecule has 0 bridgehead atoms. The number of aromatic hydroxyl groups is 1. The third-order valence-corrected chi connectivity index (χ3v) is 4.68. The zero-order chi connectivity index (χ0) is 17.4. The Morgan fingerprint density at radius 2 is 2.20 bits per heavy atom. The minimum Gasteiger partial charge on any atom is -0.507 e. The summed E-state index contributed by atoms with van der Waals surface area (Å²) in [6.07, 6.45) is 6.61. The van der Waals surface area contributed by atoms with Gasteiger partial charge in [0.2, 0.25) is 0 Å². The summed E-state index contributed by atoms with van der Waals surface area (Å²) in [6, 6.07) is 9.14. The average Bonchev–Trinajstić information content (AvgIpc) is 3.05. The first-order chi connectivity index (χ1) is 12.1. The third-order valence-electron chi connectivity index (χ3n) is 4.68. The topological polar surface area (TPSA) is 69.2 Å². The molecule has 4 rings (SSSR count). The molecule has 5 heteroatoms. The molecule has 0 saturated heterocycles. The van der Waals surface area contributed by atoms with Crippen LogP contribution in [0.25, 0.3) is 16.6 Å². The monoisotopic (exact) mass is 333 g/mol. The Kier molecular flexibility index (Phi) is 3.76. The molecule has 0 unspecified atom stereocenters. The van der Waals surface area contributed by atoms with Gasteiger partial charge >= 0.3 is 0 Å². The molecule has 1 aliphatic rings. The van der Waals surface area contributed by atoms with Gasteiger partial charge in [-0.3, -0.25) is 4.79 Å². The van der Waals surface area contributed by atoms with Gasteiger partial charge in [-0.15, -0.1) is 0 Å². The van der Waals surface area contributed by atoms with E-state index >= 15 is 0 Å². The van der Waals surface area contributed by atoms with E-state index in [0.717, 1.165) is 28.6 Å². The molecule has 2 N–H and O–H groups in total. The number of nitrogens with zero attached hydrogens (tertiary/aromatic N) is 2. The van der Waals surface area contributed by atoms with Crippen molar-refractivity contribution in [3.05, 3.63) is 65.5 Å². The number of hydrogen-bond acceptors (Lipinski definition) is 3. The molecule has 0 saturated carbocycles. The Morgan fingerprint density at radius 3 is 2.96 bits per heavy atom. The van der Waals surface area contributed by atoms with E-state index in [1.54, 1.807) is 23.2 Å². The van der Waals surface area contributed by atoms with E-state index in [0.29, 0.717) is 18.7 Å². The van der Waals surface area contributed by atoms with Crippen LogP contribution in [-0.4, -0.2) is 39.0 Å². The number of rotatable bonds is 2. The predicted octanol–water partition coefficient (Wildman–Crippen LogP) is 3.51. The van der Waals surface area contributed by atoms with Crippen molar-refractivity contribution in [3.8, 4) is 5.75 Å². The van der Waals surface area contributed by atoms with Crippen LogP contribution in [0.3, 0.4) is 0 Å². The summed E-state index contributed by atoms with van der Waals surface area (Å²) in [5, 5.41) is 11.1. The lowest BCUT2D eigenvalue weighted by Gasteiger charge is -2.27. The van der Waals surface area contributed by atoms with E-state index in [9.17, 15) is 9.90 Å². The van der Waals surface area contributed by atoms with Crippen molar-refractivity contribution in [2.45, 2.75) is 13.3 Å². The largest absolute Gasteiger partial charge is 0.507 e. The number of phenols is 1. The number of H-pyrrole nitrogens is 1. The van der Waals surface area contributed by atoms with Crippen molar-refractivity contribution >= 4 is 22.5 Å². The first kappa shape index (κ1) is 15.4. The number of carbonyl (C=O) groups excluding carboxylic acids is 1. The van der Waals surface area contributed by atoms with Crippen LogP contribution in [0.4, 0.5) is 0 Å². The third kappa shape index (κ3) is 2.78. The molecule has 5 nitrogen and oxygen atoms in total. The van der Waals surface area contributed by atoms with E-state index in [-0.39, 0.29) is 11.7 Å². The molecule has 0 atom stereocenters. The Balaban J connectivity index is 1.56. The Labute approximate surface area is 145 Å². The lowest BCUT2D eigenvalue weighted by molar-refractivity contribution is 0.0770. The van der Waals surface area contributed by atoms with Gasteiger partial charge in [0.25, 0.3) is 5.91 Å². The van der Waals surface area contributed by atoms with Crippen LogP contribution in [0.5, 0.6) is 5.75 Å². The fraction of sp³-hybridized carbons (Fsp3) is 0.200. The first-order valence-corrected chi connectivity index (χ1v) is 8.34. The molecule has 0 radical (unpaired) electrons. The van der Waals surface area contributed by atoms with Crippen molar-refractivity contribution in [2.75, 3.05) is 13.1 Å². The Morgan fingerprint density at radius 1 is 1.32 bits per heavy atom. The molecule has 0 spiro atoms. The second kappa shape index (κ2) is 6.09. The zero-order valence-corrected chi connectivity index (χ0v) is 14.0. The second-order valence-corrected chi connectivity index (χ2v) is 6.35. The van der Waals surface area contributed by atoms with Gasteiger partial charge in [-0.05, 0) is 48.7 Å². The average molecular weight is 333 g/mol. The molecular formula is C20H19N3O2. The van der Waals surface area contributed by atoms with Crippen LogP contribution in [0.1, 0.15) is 27.9 Å². The van der Waals surface area contributed by atoms with Gasteiger partial charge < -0.3 is 15.0 Å². The molecule has 126 valence electrons. The number of phenolic OH excluding ortho intramolecular Hbond substituents is 1. The molecule has 2 aromatic heterocycles. The summed E-state index contributed by atoms with van der Waals surface area (Å²) in [5.41, 5.74) is 4.54. The maximum Gasteiger partial charge on any atom is 0.257 e. The van der Waals surface area contributed by atoms with E-state index in [1.165, 1.54) is 5.57 Å². The minimum absolute atomic E-state index is 0.0440. The van der Waals surface area contributed by atoms with Crippen molar-refractivity contribution in [3.63, 3.8) is 0 Å². The summed E-state index contributed by atoms with van der Waals surface area (Å²) in [6.45, 7) is 3.05. The fourth-order valence-corrected chi connectivity index (χ4v) is 3.31. The summed E-state index contributed by atoms with van der Waals surface area (Å²) < 4.78 is 0. The van der Waals surface area contributed by atoms with Crippen molar-refractivity contribution in [1.82, 2.24) is 14.9 Å². The van der Waals surface area contributed by atoms with Gasteiger partial charge in [-0.2, -0.15) is 0 Å². The van der Waals surface area contributed by atoms with Gasteiger partial charge in [-0.1, -0.05) is 12.1 Å². The number of fused-ring (bicyclic) bond motifs is 1. The molecule has 1 aromatic carbocycles. The normalized spacial score (nSPS) is 14.6. The van der Waals surface area contributed by atoms with Gasteiger partial charge in [0.15, 0.2) is 0 Å². The van der Waals surface area contributed by atoms with Crippen LogP contribution in [0, 0.1) is 6.92 Å². The molecule has 1 aliphatic heterocycles. The Bertz CT molecular complexity index is 988. The minimum atomic E-state index is -0.131. The summed E-state index contributed by atoms with van der Waals surface area (Å²) >= 11 is 0. The number of aromatic nitrogens is 2. The highest BCUT2D eigenvalue weighted by Crippen LogP contribution is 2.29. The van der Waals surface area contributed by atoms with E-state index in [4.69, 9.17) is 0 Å². The lowest BCUT2D eigenvalue weighted by atomic mass is 9.99. The number of aryl methyl sites for hydroxylation is 1. The van der Waals surface area contributed by atoms with Crippen molar-refractivity contribution in [2.24, 2.45) is 0 Å². The number of amides is 1. The quantitative estimate of drug-likeness (QED) is 0.754. The number of pyridine rings is 1. The van der Waals surface area contributed by atoms with Crippen LogP contribution in [0.15, 0.2) is 48.8 Å². The van der Waals surface area contributed by atoms with Crippen LogP contribution >= 0.6 is 0 Å². The van der Waals surface area contributed by atoms with E-state index in [2.05, 4.69) is 22.1 Å². The molecule has 3 aromatic rings. The maximum absolute atomic E-state index is 12.7. The van der Waals surface area contributed by atoms with Crippen LogP contribution < -0.4 is 0 Å². The number of carbonyl (C=O) groups is 1. The summed E-state index contributed by atoms with van der Waals surface area (Å²) in [4.78, 5) is 21.9. The fourth-order valence-electron chi connectivity index (χ4n) is 3.31. The standard InChI is InChI=1S/C20H19N3O2/c1-13-4-5-16(18(24)11-13)20(25)23-9-6-14(7-10-23)17-12-22-19-15(17)3-2-8-21-19/h2-6,8,11-12,24H,7,9-10H2,1H3,(H,21,22). The summed E-state index contributed by atoms with van der Waals surface area (Å²) in [7, 11) is 0. The smallest absolute Gasteiger partial charge is 0.257 e. The second-order valence-electron chi connectivity index (χ2n) is 6.35. The molecule has 25 heavy (non-hydrogen) atoms. The molecular weight excluding hydrogens is 314 g/mol. The maximum atomic E-state index is 12.7. The number of benzene rings is 1. The van der Waals surface area contributed by atoms with Crippen molar-refractivity contribution < 1.29 is 9.90 Å². The number of hydrogen-bond donors (Lipinski definition) is 2. The SMILES string of the molecule is Cc1ccc(C(=O)N2CC=C(c3c[nH]c4ncccc34)CC2)c(O)c1. The van der Waals surface area contributed by atoms with Gasteiger partial charge in [0.1, 0.15) is 11.4 Å². The zero-order valence-electron chi connectivity index (χ0n) is 14.0. The lowest BCUT2D eigenvalue weighted by Crippen LogP contribution is -2.34. The van der Waals surface area contributed by atoms with Gasteiger partial charge in [0.05, 0.1) is 5.56 Å². The van der Waals surface area contributed by atoms with Crippen LogP contribution in [-0.2, 0) is 0 Å². The summed E-state index contributed by atoms with van der Waals surface area (Å²) in [5.74, 6) is -0.0872. The highest BCUT2D eigenvalue weighted by Gasteiger charge is 2.22. The molecule has 0 fully saturated rings. The predicted molar refractivity (Wildman–Crippen MR) is 97.4 cm³/mol. The van der Waals surface area contributed by atoms with Crippen molar-refractivity contribution in [1.29, 1.82) is 0 Å². The van der Waals surface area contributed by atoms with E-state index in [1.807, 2.05) is 25.3 Å². The van der Waals surface area contributed by atoms with E-state index < -0.39 is 0 Å². The first-order valence-electron chi connectivity index (χ1n) is 8.34. The Hall–Kier alpha value is -3.08. The highest BCUT2D eigenvalue weighted by molar-refractivity contribution is 5.98. The molecule has 1 amide bonds. The molecule has 0 aliphatic carbocycles. The highest BCUT2D eigenvalue weighted by atomic mass is 16.3. The molecule has 3 heterocycles. The van der Waals surface area contributed by atoms with Crippen LogP contribution in [0.2, 0.25) is 0 Å². The number of nitrogens with one attached hydrogen (secondary N) is 1.